The van der Waals surface area contributed by atoms with Gasteiger partial charge in [0.25, 0.3) is 0 Å². The number of hydrogen-bond acceptors (Lipinski definition) is 4. The molecule has 0 bridgehead atoms. The minimum atomic E-state index is -0.461. The molecule has 1 aromatic heterocycles. The quantitative estimate of drug-likeness (QED) is 0.926. The molecule has 1 atom stereocenters. The summed E-state index contributed by atoms with van der Waals surface area (Å²) in [5, 5.41) is 2.91. The first-order valence-electron chi connectivity index (χ1n) is 7.10. The van der Waals surface area contributed by atoms with Crippen LogP contribution in [-0.4, -0.2) is 17.6 Å². The number of cyclic esters (lactones) is 1. The Balaban J connectivity index is 1.69. The van der Waals surface area contributed by atoms with Gasteiger partial charge in [0.05, 0.1) is 5.69 Å². The Kier molecular flexibility index (Phi) is 4.62. The highest BCUT2D eigenvalue weighted by Crippen LogP contribution is 2.24. The maximum Gasteiger partial charge on any atom is 0.407 e. The summed E-state index contributed by atoms with van der Waals surface area (Å²) in [7, 11) is 0. The molecular weight excluding hydrogens is 323 g/mol. The van der Waals surface area contributed by atoms with Gasteiger partial charge in [0.1, 0.15) is 18.5 Å². The van der Waals surface area contributed by atoms with Crippen LogP contribution in [0.15, 0.2) is 36.4 Å². The molecule has 1 fully saturated rings. The fraction of sp³-hybridized carbons (Fsp3) is 0.250. The van der Waals surface area contributed by atoms with Gasteiger partial charge in [0.15, 0.2) is 0 Å². The predicted molar refractivity (Wildman–Crippen MR) is 81.8 cm³/mol. The van der Waals surface area contributed by atoms with Crippen molar-refractivity contribution in [1.29, 1.82) is 0 Å². The van der Waals surface area contributed by atoms with Gasteiger partial charge in [0.2, 0.25) is 5.88 Å². The highest BCUT2D eigenvalue weighted by atomic mass is 35.5. The Morgan fingerprint density at radius 1 is 1.39 bits per heavy atom. The molecule has 5 nitrogen and oxygen atoms in total. The number of alkyl carbamates (subject to hydrolysis) is 1. The van der Waals surface area contributed by atoms with Gasteiger partial charge < -0.3 is 14.8 Å². The van der Waals surface area contributed by atoms with Crippen LogP contribution in [0.2, 0.25) is 5.02 Å². The molecule has 0 saturated carbocycles. The van der Waals surface area contributed by atoms with Gasteiger partial charge in [-0.3, -0.25) is 0 Å². The number of hydrogen-bond donors (Lipinski definition) is 1. The summed E-state index contributed by atoms with van der Waals surface area (Å²) in [5.41, 5.74) is 0.990. The third-order valence-corrected chi connectivity index (χ3v) is 3.63. The number of rotatable bonds is 4. The van der Waals surface area contributed by atoms with Crippen molar-refractivity contribution < 1.29 is 18.7 Å². The number of benzene rings is 1. The maximum absolute atomic E-state index is 13.7. The number of halogens is 2. The second-order valence-electron chi connectivity index (χ2n) is 5.03. The Hall–Kier alpha value is -2.34. The zero-order valence-electron chi connectivity index (χ0n) is 12.1. The molecule has 0 aliphatic carbocycles. The van der Waals surface area contributed by atoms with Crippen LogP contribution >= 0.6 is 11.6 Å². The lowest BCUT2D eigenvalue weighted by Crippen LogP contribution is -2.34. The molecule has 0 spiro atoms. The first-order chi connectivity index (χ1) is 11.1. The van der Waals surface area contributed by atoms with Crippen molar-refractivity contribution in [2.45, 2.75) is 19.1 Å². The van der Waals surface area contributed by atoms with E-state index >= 15 is 0 Å². The third-order valence-electron chi connectivity index (χ3n) is 3.39. The summed E-state index contributed by atoms with van der Waals surface area (Å²) in [6, 6.07) is 9.58. The Bertz CT molecular complexity index is 726. The van der Waals surface area contributed by atoms with Crippen LogP contribution in [0.25, 0.3) is 0 Å². The summed E-state index contributed by atoms with van der Waals surface area (Å²) >= 11 is 5.71. The molecule has 0 radical (unpaired) electrons. The van der Waals surface area contributed by atoms with E-state index in [0.717, 1.165) is 0 Å². The SMILES string of the molecule is O=C1NCCC(c2cccc(OCc3ccc(Cl)cc3F)n2)O1. The standard InChI is InChI=1S/C16H14ClFN2O3/c17-11-5-4-10(12(18)8-11)9-22-15-3-1-2-13(20-15)14-6-7-19-16(21)23-14/h1-5,8,14H,6-7,9H2,(H,19,21). The first-order valence-corrected chi connectivity index (χ1v) is 7.48. The number of pyridine rings is 1. The van der Waals surface area contributed by atoms with Crippen molar-refractivity contribution in [3.05, 3.63) is 58.5 Å². The molecular formula is C16H14ClFN2O3. The van der Waals surface area contributed by atoms with Crippen LogP contribution in [0.4, 0.5) is 9.18 Å². The van der Waals surface area contributed by atoms with E-state index in [1.165, 1.54) is 6.07 Å². The van der Waals surface area contributed by atoms with Crippen LogP contribution < -0.4 is 10.1 Å². The molecule has 1 aliphatic rings. The van der Waals surface area contributed by atoms with Crippen molar-refractivity contribution >= 4 is 17.7 Å². The van der Waals surface area contributed by atoms with Crippen LogP contribution in [0, 0.1) is 5.82 Å². The minimum absolute atomic E-state index is 0.0332. The van der Waals surface area contributed by atoms with Gasteiger partial charge in [-0.2, -0.15) is 0 Å². The Morgan fingerprint density at radius 2 is 2.26 bits per heavy atom. The molecule has 7 heteroatoms. The third kappa shape index (κ3) is 3.90. The summed E-state index contributed by atoms with van der Waals surface area (Å²) in [6.07, 6.45) is -0.231. The molecule has 1 saturated heterocycles. The van der Waals surface area contributed by atoms with Gasteiger partial charge in [-0.05, 0) is 18.2 Å². The molecule has 3 rings (SSSR count). The van der Waals surface area contributed by atoms with E-state index in [9.17, 15) is 9.18 Å². The molecule has 1 aliphatic heterocycles. The number of ether oxygens (including phenoxy) is 2. The molecule has 120 valence electrons. The lowest BCUT2D eigenvalue weighted by atomic mass is 10.1. The monoisotopic (exact) mass is 336 g/mol. The number of aromatic nitrogens is 1. The summed E-state index contributed by atoms with van der Waals surface area (Å²) in [5.74, 6) is -0.0904. The van der Waals surface area contributed by atoms with Crippen molar-refractivity contribution in [3.63, 3.8) is 0 Å². The molecule has 23 heavy (non-hydrogen) atoms. The number of carbonyl (C=O) groups is 1. The van der Waals surface area contributed by atoms with Gasteiger partial charge in [-0.15, -0.1) is 0 Å². The zero-order chi connectivity index (χ0) is 16.2. The highest BCUT2D eigenvalue weighted by Gasteiger charge is 2.22. The van der Waals surface area contributed by atoms with Crippen LogP contribution in [0.5, 0.6) is 5.88 Å². The summed E-state index contributed by atoms with van der Waals surface area (Å²) in [4.78, 5) is 15.6. The number of carbonyl (C=O) groups excluding carboxylic acids is 1. The smallest absolute Gasteiger partial charge is 0.407 e. The molecule has 1 aromatic carbocycles. The second-order valence-corrected chi connectivity index (χ2v) is 5.47. The number of nitrogens with zero attached hydrogens (tertiary/aromatic N) is 1. The first kappa shape index (κ1) is 15.6. The normalized spacial score (nSPS) is 17.3. The number of amides is 1. The molecule has 1 unspecified atom stereocenters. The second kappa shape index (κ2) is 6.83. The lowest BCUT2D eigenvalue weighted by molar-refractivity contribution is 0.0710. The van der Waals surface area contributed by atoms with E-state index in [4.69, 9.17) is 21.1 Å². The van der Waals surface area contributed by atoms with Crippen molar-refractivity contribution in [2.75, 3.05) is 6.54 Å². The zero-order valence-corrected chi connectivity index (χ0v) is 12.8. The number of nitrogens with one attached hydrogen (secondary N) is 1. The van der Waals surface area contributed by atoms with Crippen molar-refractivity contribution in [3.8, 4) is 5.88 Å². The van der Waals surface area contributed by atoms with E-state index < -0.39 is 18.0 Å². The largest absolute Gasteiger partial charge is 0.473 e. The summed E-state index contributed by atoms with van der Waals surface area (Å²) < 4.78 is 24.4. The Morgan fingerprint density at radius 3 is 3.04 bits per heavy atom. The van der Waals surface area contributed by atoms with Gasteiger partial charge >= 0.3 is 6.09 Å². The average Bonchev–Trinajstić information content (AvgIpc) is 2.54. The fourth-order valence-electron chi connectivity index (χ4n) is 2.22. The van der Waals surface area contributed by atoms with Gasteiger partial charge in [-0.1, -0.05) is 23.7 Å². The molecule has 2 heterocycles. The van der Waals surface area contributed by atoms with Crippen LogP contribution in [-0.2, 0) is 11.3 Å². The molecule has 1 N–H and O–H groups in total. The van der Waals surface area contributed by atoms with E-state index in [1.807, 2.05) is 0 Å². The van der Waals surface area contributed by atoms with Gasteiger partial charge in [0, 0.05) is 29.6 Å². The summed E-state index contributed by atoms with van der Waals surface area (Å²) in [6.45, 7) is 0.567. The Labute approximate surface area is 137 Å². The fourth-order valence-corrected chi connectivity index (χ4v) is 2.38. The lowest BCUT2D eigenvalue weighted by Gasteiger charge is -2.22. The predicted octanol–water partition coefficient (Wildman–Crippen LogP) is 3.62. The van der Waals surface area contributed by atoms with Crippen molar-refractivity contribution in [1.82, 2.24) is 10.3 Å². The van der Waals surface area contributed by atoms with Crippen LogP contribution in [0.3, 0.4) is 0 Å². The van der Waals surface area contributed by atoms with Gasteiger partial charge in [-0.25, -0.2) is 14.2 Å². The van der Waals surface area contributed by atoms with E-state index in [0.29, 0.717) is 35.1 Å². The van der Waals surface area contributed by atoms with Crippen molar-refractivity contribution in [2.24, 2.45) is 0 Å². The van der Waals surface area contributed by atoms with E-state index in [-0.39, 0.29) is 6.61 Å². The molecule has 2 aromatic rings. The average molecular weight is 337 g/mol. The highest BCUT2D eigenvalue weighted by molar-refractivity contribution is 6.30. The molecule has 1 amide bonds. The van der Waals surface area contributed by atoms with Crippen LogP contribution in [0.1, 0.15) is 23.8 Å². The minimum Gasteiger partial charge on any atom is -0.473 e. The maximum atomic E-state index is 13.7. The van der Waals surface area contributed by atoms with E-state index in [1.54, 1.807) is 30.3 Å². The topological polar surface area (TPSA) is 60.5 Å². The van der Waals surface area contributed by atoms with E-state index in [2.05, 4.69) is 10.3 Å².